The Hall–Kier alpha value is -0.910. The predicted molar refractivity (Wildman–Crippen MR) is 60.5 cm³/mol. The highest BCUT2D eigenvalue weighted by atomic mass is 19.3. The van der Waals surface area contributed by atoms with Crippen LogP contribution in [-0.4, -0.2) is 47.2 Å². The molecule has 4 nitrogen and oxygen atoms in total. The standard InChI is InChI=1S/C11H20F2N2O2/c1-10(2,14-9(16)17)3-6-15-7-4-11(12,13)5-8-15/h14H,3-8H2,1-2H3,(H,16,17). The number of likely N-dealkylation sites (tertiary alicyclic amines) is 1. The summed E-state index contributed by atoms with van der Waals surface area (Å²) in [6.07, 6.45) is -0.634. The largest absolute Gasteiger partial charge is 0.465 e. The molecule has 0 unspecified atom stereocenters. The van der Waals surface area contributed by atoms with E-state index in [9.17, 15) is 13.6 Å². The van der Waals surface area contributed by atoms with Gasteiger partial charge in [-0.15, -0.1) is 0 Å². The number of amides is 1. The van der Waals surface area contributed by atoms with Crippen LogP contribution in [-0.2, 0) is 0 Å². The van der Waals surface area contributed by atoms with Crippen LogP contribution in [0.3, 0.4) is 0 Å². The fourth-order valence-electron chi connectivity index (χ4n) is 1.89. The number of hydrogen-bond donors (Lipinski definition) is 2. The summed E-state index contributed by atoms with van der Waals surface area (Å²) in [5.74, 6) is -2.52. The van der Waals surface area contributed by atoms with Crippen molar-refractivity contribution in [2.24, 2.45) is 0 Å². The van der Waals surface area contributed by atoms with Crippen molar-refractivity contribution in [2.45, 2.75) is 44.6 Å². The van der Waals surface area contributed by atoms with E-state index in [4.69, 9.17) is 5.11 Å². The normalized spacial score (nSPS) is 21.2. The Morgan fingerprint density at radius 1 is 1.41 bits per heavy atom. The van der Waals surface area contributed by atoms with E-state index in [1.54, 1.807) is 13.8 Å². The Kier molecular flexibility index (Phi) is 4.30. The number of carboxylic acid groups (broad SMARTS) is 1. The second-order valence-electron chi connectivity index (χ2n) is 5.26. The van der Waals surface area contributed by atoms with Gasteiger partial charge in [0.1, 0.15) is 0 Å². The van der Waals surface area contributed by atoms with E-state index in [0.29, 0.717) is 26.1 Å². The number of rotatable bonds is 4. The lowest BCUT2D eigenvalue weighted by Crippen LogP contribution is -2.47. The average molecular weight is 250 g/mol. The smallest absolute Gasteiger partial charge is 0.405 e. The molecule has 1 rings (SSSR count). The van der Waals surface area contributed by atoms with Gasteiger partial charge < -0.3 is 15.3 Å². The van der Waals surface area contributed by atoms with Crippen LogP contribution in [0.4, 0.5) is 13.6 Å². The number of alkyl halides is 2. The van der Waals surface area contributed by atoms with Crippen LogP contribution in [0.5, 0.6) is 0 Å². The molecule has 1 heterocycles. The van der Waals surface area contributed by atoms with Crippen molar-refractivity contribution in [3.63, 3.8) is 0 Å². The molecule has 0 saturated carbocycles. The number of piperidine rings is 1. The zero-order valence-electron chi connectivity index (χ0n) is 10.3. The van der Waals surface area contributed by atoms with Gasteiger partial charge in [0.2, 0.25) is 0 Å². The van der Waals surface area contributed by atoms with Gasteiger partial charge in [-0.25, -0.2) is 13.6 Å². The van der Waals surface area contributed by atoms with E-state index in [-0.39, 0.29) is 12.8 Å². The molecule has 1 aliphatic heterocycles. The third-order valence-electron chi connectivity index (χ3n) is 3.09. The van der Waals surface area contributed by atoms with Gasteiger partial charge in [-0.3, -0.25) is 0 Å². The zero-order valence-corrected chi connectivity index (χ0v) is 10.3. The quantitative estimate of drug-likeness (QED) is 0.804. The second kappa shape index (κ2) is 5.16. The molecule has 0 bridgehead atoms. The number of hydrogen-bond acceptors (Lipinski definition) is 2. The van der Waals surface area contributed by atoms with Crippen LogP contribution < -0.4 is 5.32 Å². The Bertz CT molecular complexity index is 273. The van der Waals surface area contributed by atoms with Gasteiger partial charge in [0, 0.05) is 38.0 Å². The molecule has 1 amide bonds. The molecule has 0 aliphatic carbocycles. The maximum atomic E-state index is 12.9. The molecule has 1 fully saturated rings. The van der Waals surface area contributed by atoms with E-state index in [1.165, 1.54) is 0 Å². The fraction of sp³-hybridized carbons (Fsp3) is 0.909. The first-order chi connectivity index (χ1) is 7.70. The van der Waals surface area contributed by atoms with Gasteiger partial charge in [-0.05, 0) is 20.3 Å². The van der Waals surface area contributed by atoms with Crippen LogP contribution in [0, 0.1) is 0 Å². The Morgan fingerprint density at radius 2 is 1.94 bits per heavy atom. The van der Waals surface area contributed by atoms with Crippen molar-refractivity contribution >= 4 is 6.09 Å². The molecular formula is C11H20F2N2O2. The third-order valence-corrected chi connectivity index (χ3v) is 3.09. The Balaban J connectivity index is 2.30. The lowest BCUT2D eigenvalue weighted by Gasteiger charge is -2.34. The molecule has 0 atom stereocenters. The average Bonchev–Trinajstić information content (AvgIpc) is 2.14. The Morgan fingerprint density at radius 3 is 2.41 bits per heavy atom. The van der Waals surface area contributed by atoms with E-state index in [1.807, 2.05) is 4.90 Å². The summed E-state index contributed by atoms with van der Waals surface area (Å²) in [5, 5.41) is 11.0. The van der Waals surface area contributed by atoms with Crippen LogP contribution in [0.15, 0.2) is 0 Å². The summed E-state index contributed by atoms with van der Waals surface area (Å²) in [6.45, 7) is 5.00. The molecule has 0 spiro atoms. The van der Waals surface area contributed by atoms with Crippen LogP contribution >= 0.6 is 0 Å². The monoisotopic (exact) mass is 250 g/mol. The van der Waals surface area contributed by atoms with E-state index in [2.05, 4.69) is 5.32 Å². The van der Waals surface area contributed by atoms with Crippen molar-refractivity contribution in [3.05, 3.63) is 0 Å². The fourth-order valence-corrected chi connectivity index (χ4v) is 1.89. The van der Waals surface area contributed by atoms with Crippen molar-refractivity contribution in [2.75, 3.05) is 19.6 Å². The van der Waals surface area contributed by atoms with Gasteiger partial charge in [0.05, 0.1) is 0 Å². The highest BCUT2D eigenvalue weighted by molar-refractivity contribution is 5.65. The first-order valence-electron chi connectivity index (χ1n) is 5.82. The topological polar surface area (TPSA) is 52.6 Å². The molecule has 100 valence electrons. The Labute approximate surface area is 100.0 Å². The molecule has 1 saturated heterocycles. The molecule has 2 N–H and O–H groups in total. The SMILES string of the molecule is CC(C)(CCN1CCC(F)(F)CC1)NC(=O)O. The van der Waals surface area contributed by atoms with Gasteiger partial charge in [0.25, 0.3) is 5.92 Å². The van der Waals surface area contributed by atoms with Crippen molar-refractivity contribution < 1.29 is 18.7 Å². The summed E-state index contributed by atoms with van der Waals surface area (Å²) in [7, 11) is 0. The minimum Gasteiger partial charge on any atom is -0.465 e. The van der Waals surface area contributed by atoms with Crippen LogP contribution in [0.25, 0.3) is 0 Å². The summed E-state index contributed by atoms with van der Waals surface area (Å²) < 4.78 is 25.8. The molecule has 0 aromatic carbocycles. The lowest BCUT2D eigenvalue weighted by atomic mass is 9.99. The highest BCUT2D eigenvalue weighted by Gasteiger charge is 2.34. The van der Waals surface area contributed by atoms with E-state index < -0.39 is 17.6 Å². The van der Waals surface area contributed by atoms with E-state index >= 15 is 0 Å². The number of halogens is 2. The number of nitrogens with one attached hydrogen (secondary N) is 1. The maximum Gasteiger partial charge on any atom is 0.405 e. The molecule has 0 radical (unpaired) electrons. The summed E-state index contributed by atoms with van der Waals surface area (Å²) in [4.78, 5) is 12.5. The minimum absolute atomic E-state index is 0.0974. The second-order valence-corrected chi connectivity index (χ2v) is 5.26. The molecule has 1 aliphatic rings. The van der Waals surface area contributed by atoms with E-state index in [0.717, 1.165) is 0 Å². The predicted octanol–water partition coefficient (Wildman–Crippen LogP) is 2.15. The summed E-state index contributed by atoms with van der Waals surface area (Å²) in [5.41, 5.74) is -0.522. The van der Waals surface area contributed by atoms with Gasteiger partial charge in [-0.1, -0.05) is 0 Å². The first-order valence-corrected chi connectivity index (χ1v) is 5.82. The zero-order chi connectivity index (χ0) is 13.1. The van der Waals surface area contributed by atoms with Crippen molar-refractivity contribution in [3.8, 4) is 0 Å². The highest BCUT2D eigenvalue weighted by Crippen LogP contribution is 2.27. The molecule has 6 heteroatoms. The summed E-state index contributed by atoms with van der Waals surface area (Å²) in [6, 6.07) is 0. The molecule has 0 aromatic rings. The van der Waals surface area contributed by atoms with Crippen molar-refractivity contribution in [1.82, 2.24) is 10.2 Å². The van der Waals surface area contributed by atoms with Crippen molar-refractivity contribution in [1.29, 1.82) is 0 Å². The lowest BCUT2D eigenvalue weighted by molar-refractivity contribution is -0.0558. The summed E-state index contributed by atoms with van der Waals surface area (Å²) >= 11 is 0. The van der Waals surface area contributed by atoms with Gasteiger partial charge in [0.15, 0.2) is 0 Å². The van der Waals surface area contributed by atoms with Gasteiger partial charge in [-0.2, -0.15) is 0 Å². The van der Waals surface area contributed by atoms with Crippen LogP contribution in [0.2, 0.25) is 0 Å². The minimum atomic E-state index is -2.52. The first kappa shape index (κ1) is 14.2. The van der Waals surface area contributed by atoms with Gasteiger partial charge >= 0.3 is 6.09 Å². The number of carbonyl (C=O) groups is 1. The molecule has 17 heavy (non-hydrogen) atoms. The third kappa shape index (κ3) is 5.30. The van der Waals surface area contributed by atoms with Crippen LogP contribution in [0.1, 0.15) is 33.1 Å². The maximum absolute atomic E-state index is 12.9. The molecular weight excluding hydrogens is 230 g/mol. The number of nitrogens with zero attached hydrogens (tertiary/aromatic N) is 1. The molecule has 0 aromatic heterocycles.